The number of methoxy groups -OCH3 is 2. The van der Waals surface area contributed by atoms with Gasteiger partial charge in [0.05, 0.1) is 13.7 Å². The van der Waals surface area contributed by atoms with Crippen molar-refractivity contribution in [3.05, 3.63) is 29.3 Å². The lowest BCUT2D eigenvalue weighted by Crippen LogP contribution is -2.45. The molecule has 4 heterocycles. The molecule has 0 radical (unpaired) electrons. The Bertz CT molecular complexity index is 661. The molecular formula is C21H30N2O3. The molecule has 2 atom stereocenters. The summed E-state index contributed by atoms with van der Waals surface area (Å²) in [7, 11) is 3.50. The van der Waals surface area contributed by atoms with Crippen LogP contribution in [-0.4, -0.2) is 76.0 Å². The van der Waals surface area contributed by atoms with Crippen molar-refractivity contribution in [3.63, 3.8) is 0 Å². The van der Waals surface area contributed by atoms with Gasteiger partial charge in [-0.25, -0.2) is 0 Å². The smallest absolute Gasteiger partial charge is 0.127 e. The van der Waals surface area contributed by atoms with Crippen molar-refractivity contribution in [2.75, 3.05) is 60.2 Å². The molecule has 1 aromatic rings. The van der Waals surface area contributed by atoms with E-state index in [4.69, 9.17) is 14.2 Å². The lowest BCUT2D eigenvalue weighted by atomic mass is 9.95. The lowest BCUT2D eigenvalue weighted by Gasteiger charge is -2.36. The molecule has 3 saturated heterocycles. The third-order valence-electron chi connectivity index (χ3n) is 5.90. The summed E-state index contributed by atoms with van der Waals surface area (Å²) in [5, 5.41) is 0. The molecule has 26 heavy (non-hydrogen) atoms. The maximum Gasteiger partial charge on any atom is 0.127 e. The average Bonchev–Trinajstić information content (AvgIpc) is 2.96. The second-order valence-corrected chi connectivity index (χ2v) is 7.77. The third kappa shape index (κ3) is 3.90. The minimum Gasteiger partial charge on any atom is -0.497 e. The van der Waals surface area contributed by atoms with Crippen LogP contribution in [0.15, 0.2) is 23.8 Å². The summed E-state index contributed by atoms with van der Waals surface area (Å²) in [5.41, 5.74) is 2.49. The Morgan fingerprint density at radius 1 is 1.15 bits per heavy atom. The molecular weight excluding hydrogens is 328 g/mol. The predicted molar refractivity (Wildman–Crippen MR) is 103 cm³/mol. The molecule has 0 spiro atoms. The van der Waals surface area contributed by atoms with Gasteiger partial charge < -0.3 is 14.2 Å². The van der Waals surface area contributed by atoms with Gasteiger partial charge in [0.25, 0.3) is 0 Å². The largest absolute Gasteiger partial charge is 0.497 e. The Morgan fingerprint density at radius 2 is 2.08 bits per heavy atom. The highest BCUT2D eigenvalue weighted by atomic mass is 16.5. The van der Waals surface area contributed by atoms with E-state index in [9.17, 15) is 0 Å². The number of piperidine rings is 1. The zero-order chi connectivity index (χ0) is 17.9. The van der Waals surface area contributed by atoms with Crippen molar-refractivity contribution in [2.24, 2.45) is 5.92 Å². The molecule has 4 aliphatic heterocycles. The van der Waals surface area contributed by atoms with E-state index in [0.29, 0.717) is 12.6 Å². The Labute approximate surface area is 156 Å². The second kappa shape index (κ2) is 7.99. The highest BCUT2D eigenvalue weighted by Crippen LogP contribution is 2.32. The fourth-order valence-electron chi connectivity index (χ4n) is 4.60. The van der Waals surface area contributed by atoms with Crippen molar-refractivity contribution in [1.29, 1.82) is 0 Å². The van der Waals surface area contributed by atoms with Crippen LogP contribution >= 0.6 is 0 Å². The summed E-state index contributed by atoms with van der Waals surface area (Å²) in [6.45, 7) is 7.16. The summed E-state index contributed by atoms with van der Waals surface area (Å²) < 4.78 is 16.6. The predicted octanol–water partition coefficient (Wildman–Crippen LogP) is 2.51. The van der Waals surface area contributed by atoms with Crippen molar-refractivity contribution in [3.8, 4) is 11.5 Å². The van der Waals surface area contributed by atoms with Gasteiger partial charge in [-0.1, -0.05) is 0 Å². The first kappa shape index (κ1) is 17.8. The van der Waals surface area contributed by atoms with E-state index in [1.165, 1.54) is 31.5 Å². The molecule has 2 bridgehead atoms. The van der Waals surface area contributed by atoms with Crippen LogP contribution in [0.25, 0.3) is 6.08 Å². The van der Waals surface area contributed by atoms with Crippen LogP contribution in [0.2, 0.25) is 0 Å². The van der Waals surface area contributed by atoms with Crippen LogP contribution in [-0.2, 0) is 4.74 Å². The third-order valence-corrected chi connectivity index (χ3v) is 5.90. The molecule has 0 aromatic heterocycles. The monoisotopic (exact) mass is 358 g/mol. The van der Waals surface area contributed by atoms with Gasteiger partial charge in [0.1, 0.15) is 18.1 Å². The van der Waals surface area contributed by atoms with E-state index in [1.54, 1.807) is 14.2 Å². The van der Waals surface area contributed by atoms with Crippen LogP contribution in [0.3, 0.4) is 0 Å². The van der Waals surface area contributed by atoms with Crippen molar-refractivity contribution in [2.45, 2.75) is 18.9 Å². The van der Waals surface area contributed by atoms with Crippen LogP contribution in [0.1, 0.15) is 18.4 Å². The van der Waals surface area contributed by atoms with Gasteiger partial charge in [-0.3, -0.25) is 9.80 Å². The number of fused-ring (bicyclic) bond motifs is 5. The Kier molecular flexibility index (Phi) is 5.48. The molecule has 5 rings (SSSR count). The van der Waals surface area contributed by atoms with Crippen molar-refractivity contribution >= 4 is 6.08 Å². The van der Waals surface area contributed by atoms with Crippen molar-refractivity contribution in [1.82, 2.24) is 9.80 Å². The molecule has 3 fully saturated rings. The number of benzene rings is 1. The van der Waals surface area contributed by atoms with Crippen LogP contribution in [0.4, 0.5) is 0 Å². The van der Waals surface area contributed by atoms with E-state index in [1.807, 2.05) is 12.1 Å². The normalized spacial score (nSPS) is 26.0. The van der Waals surface area contributed by atoms with Crippen LogP contribution in [0.5, 0.6) is 11.5 Å². The van der Waals surface area contributed by atoms with Gasteiger partial charge in [-0.2, -0.15) is 0 Å². The van der Waals surface area contributed by atoms with E-state index >= 15 is 0 Å². The molecule has 4 aliphatic rings. The molecule has 5 heteroatoms. The van der Waals surface area contributed by atoms with Gasteiger partial charge in [0.15, 0.2) is 0 Å². The van der Waals surface area contributed by atoms with E-state index in [0.717, 1.165) is 49.2 Å². The first-order valence-corrected chi connectivity index (χ1v) is 9.71. The van der Waals surface area contributed by atoms with Gasteiger partial charge >= 0.3 is 0 Å². The molecule has 0 aliphatic carbocycles. The van der Waals surface area contributed by atoms with Crippen molar-refractivity contribution < 1.29 is 14.2 Å². The standard InChI is InChI=1S/C21H30N2O3/c1-24-8-7-23-13-16-3-4-19(23)14-22(11-16)12-17-9-18-10-20(25-2)5-6-21(18)26-15-17/h5-6,9-10,16,19H,3-4,7-8,11-15H2,1-2H3/t16-,19+/m1/s1. The summed E-state index contributed by atoms with van der Waals surface area (Å²) in [4.78, 5) is 5.28. The van der Waals surface area contributed by atoms with Crippen LogP contribution in [0, 0.1) is 5.92 Å². The van der Waals surface area contributed by atoms with Gasteiger partial charge in [0.2, 0.25) is 0 Å². The fraction of sp³-hybridized carbons (Fsp3) is 0.619. The molecule has 1 aromatic carbocycles. The number of hydrogen-bond donors (Lipinski definition) is 0. The highest BCUT2D eigenvalue weighted by Gasteiger charge is 2.34. The second-order valence-electron chi connectivity index (χ2n) is 7.77. The zero-order valence-corrected chi connectivity index (χ0v) is 15.9. The molecule has 5 nitrogen and oxygen atoms in total. The van der Waals surface area contributed by atoms with E-state index in [-0.39, 0.29) is 0 Å². The summed E-state index contributed by atoms with van der Waals surface area (Å²) >= 11 is 0. The maximum absolute atomic E-state index is 5.97. The summed E-state index contributed by atoms with van der Waals surface area (Å²) in [5.74, 6) is 2.62. The number of ether oxygens (including phenoxy) is 3. The van der Waals surface area contributed by atoms with E-state index in [2.05, 4.69) is 21.9 Å². The maximum atomic E-state index is 5.97. The summed E-state index contributed by atoms with van der Waals surface area (Å²) in [6, 6.07) is 6.69. The number of rotatable bonds is 6. The lowest BCUT2D eigenvalue weighted by molar-refractivity contribution is 0.0871. The Hall–Kier alpha value is -1.56. The SMILES string of the molecule is COCCN1C[C@@H]2CC[C@H]1CN(CC1=Cc3cc(OC)ccc3OC1)C2. The Morgan fingerprint density at radius 3 is 2.92 bits per heavy atom. The molecule has 0 saturated carbocycles. The number of nitrogens with zero attached hydrogens (tertiary/aromatic N) is 2. The topological polar surface area (TPSA) is 34.2 Å². The minimum atomic E-state index is 0.668. The van der Waals surface area contributed by atoms with Gasteiger partial charge in [-0.15, -0.1) is 0 Å². The van der Waals surface area contributed by atoms with E-state index < -0.39 is 0 Å². The van der Waals surface area contributed by atoms with Crippen LogP contribution < -0.4 is 9.47 Å². The quantitative estimate of drug-likeness (QED) is 0.781. The van der Waals surface area contributed by atoms with Gasteiger partial charge in [-0.05, 0) is 48.6 Å². The van der Waals surface area contributed by atoms with Gasteiger partial charge in [0, 0.05) is 51.4 Å². The first-order valence-electron chi connectivity index (χ1n) is 9.71. The average molecular weight is 358 g/mol. The summed E-state index contributed by atoms with van der Waals surface area (Å²) in [6.07, 6.45) is 4.97. The molecule has 0 unspecified atom stereocenters. The zero-order valence-electron chi connectivity index (χ0n) is 15.9. The first-order chi connectivity index (χ1) is 12.7. The number of hydrogen-bond acceptors (Lipinski definition) is 5. The molecule has 0 amide bonds. The minimum absolute atomic E-state index is 0.668. The Balaban J connectivity index is 1.43. The molecule has 0 N–H and O–H groups in total. The highest BCUT2D eigenvalue weighted by molar-refractivity contribution is 5.64. The molecule has 142 valence electrons. The fourth-order valence-corrected chi connectivity index (χ4v) is 4.60.